The van der Waals surface area contributed by atoms with E-state index in [-0.39, 0.29) is 5.41 Å². The van der Waals surface area contributed by atoms with Crippen molar-refractivity contribution in [3.05, 3.63) is 308 Å². The van der Waals surface area contributed by atoms with Gasteiger partial charge in [0.05, 0.1) is 11.2 Å². The molecule has 14 rings (SSSR count). The summed E-state index contributed by atoms with van der Waals surface area (Å²) >= 11 is 0. The summed E-state index contributed by atoms with van der Waals surface area (Å²) in [4.78, 5) is 4.74. The summed E-state index contributed by atoms with van der Waals surface area (Å²) in [6.07, 6.45) is 0. The van der Waals surface area contributed by atoms with Crippen molar-refractivity contribution in [1.29, 1.82) is 0 Å². The molecule has 1 aliphatic rings. The maximum absolute atomic E-state index is 2.51. The van der Waals surface area contributed by atoms with E-state index in [0.717, 1.165) is 45.4 Å². The van der Waals surface area contributed by atoms with Gasteiger partial charge in [0.2, 0.25) is 0 Å². The standard InChI is InChI=1S/C75H55N3/c1-75(2)70-34-19-18-31-66(70)67-48-47-63(51-71(67)75)77(61-45-43-60(44-46-61)76(57-27-14-6-15-28-57)58-29-16-7-17-30-58)59-41-37-54(38-42-59)64-32-20-33-68-65(64)49-50-69-72(55-23-10-4-11-24-55)73(56-25-12-5-13-26-56)78(74(68)69)62-39-35-53(36-40-62)52-21-8-3-9-22-52/h3-51H,1-2H3. The van der Waals surface area contributed by atoms with Crippen LogP contribution in [0.3, 0.4) is 0 Å². The highest BCUT2D eigenvalue weighted by Crippen LogP contribution is 2.52. The van der Waals surface area contributed by atoms with Crippen molar-refractivity contribution in [3.63, 3.8) is 0 Å². The number of fused-ring (bicyclic) bond motifs is 6. The molecule has 0 unspecified atom stereocenters. The van der Waals surface area contributed by atoms with Crippen molar-refractivity contribution in [2.75, 3.05) is 9.80 Å². The Morgan fingerprint density at radius 3 is 1.33 bits per heavy atom. The predicted molar refractivity (Wildman–Crippen MR) is 329 cm³/mol. The van der Waals surface area contributed by atoms with E-state index in [1.807, 2.05) is 0 Å². The van der Waals surface area contributed by atoms with Gasteiger partial charge >= 0.3 is 0 Å². The molecule has 0 atom stereocenters. The molecule has 1 heterocycles. The zero-order chi connectivity index (χ0) is 52.2. The summed E-state index contributed by atoms with van der Waals surface area (Å²) in [6, 6.07) is 108. The third-order valence-corrected chi connectivity index (χ3v) is 16.0. The normalized spacial score (nSPS) is 12.3. The number of anilines is 6. The number of hydrogen-bond donors (Lipinski definition) is 0. The van der Waals surface area contributed by atoms with Crippen LogP contribution in [0.25, 0.3) is 83.1 Å². The van der Waals surface area contributed by atoms with Gasteiger partial charge in [-0.05, 0) is 146 Å². The Morgan fingerprint density at radius 2 is 0.718 bits per heavy atom. The Kier molecular flexibility index (Phi) is 11.5. The Balaban J connectivity index is 0.916. The molecule has 1 aliphatic carbocycles. The first-order valence-electron chi connectivity index (χ1n) is 27.0. The molecule has 13 aromatic rings. The van der Waals surface area contributed by atoms with Gasteiger partial charge in [-0.3, -0.25) is 0 Å². The van der Waals surface area contributed by atoms with Gasteiger partial charge in [0.1, 0.15) is 0 Å². The molecule has 0 amide bonds. The Labute approximate surface area is 456 Å². The summed E-state index contributed by atoms with van der Waals surface area (Å²) in [6.45, 7) is 4.72. The van der Waals surface area contributed by atoms with Crippen molar-refractivity contribution < 1.29 is 0 Å². The fraction of sp³-hybridized carbons (Fsp3) is 0.0400. The van der Waals surface area contributed by atoms with Gasteiger partial charge in [-0.15, -0.1) is 0 Å². The molecule has 0 radical (unpaired) electrons. The van der Waals surface area contributed by atoms with E-state index in [1.165, 1.54) is 83.0 Å². The molecule has 370 valence electrons. The lowest BCUT2D eigenvalue weighted by atomic mass is 9.82. The highest BCUT2D eigenvalue weighted by atomic mass is 15.2. The smallest absolute Gasteiger partial charge is 0.0620 e. The molecule has 0 fully saturated rings. The van der Waals surface area contributed by atoms with E-state index in [9.17, 15) is 0 Å². The molecule has 0 spiro atoms. The minimum absolute atomic E-state index is 0.151. The topological polar surface area (TPSA) is 11.4 Å². The van der Waals surface area contributed by atoms with Gasteiger partial charge in [0.15, 0.2) is 0 Å². The second-order valence-electron chi connectivity index (χ2n) is 20.9. The molecule has 0 aliphatic heterocycles. The van der Waals surface area contributed by atoms with E-state index in [4.69, 9.17) is 0 Å². The van der Waals surface area contributed by atoms with Crippen LogP contribution in [0.5, 0.6) is 0 Å². The van der Waals surface area contributed by atoms with Crippen molar-refractivity contribution in [2.24, 2.45) is 0 Å². The largest absolute Gasteiger partial charge is 0.311 e. The average Bonchev–Trinajstić information content (AvgIpc) is 4.16. The lowest BCUT2D eigenvalue weighted by molar-refractivity contribution is 0.660. The highest BCUT2D eigenvalue weighted by Gasteiger charge is 2.36. The van der Waals surface area contributed by atoms with E-state index in [0.29, 0.717) is 0 Å². The van der Waals surface area contributed by atoms with Gasteiger partial charge < -0.3 is 14.4 Å². The number of aromatic nitrogens is 1. The van der Waals surface area contributed by atoms with Gasteiger partial charge in [-0.2, -0.15) is 0 Å². The van der Waals surface area contributed by atoms with Crippen LogP contribution in [0.1, 0.15) is 25.0 Å². The molecule has 78 heavy (non-hydrogen) atoms. The summed E-state index contributed by atoms with van der Waals surface area (Å²) < 4.78 is 2.51. The van der Waals surface area contributed by atoms with Crippen molar-refractivity contribution in [1.82, 2.24) is 4.57 Å². The van der Waals surface area contributed by atoms with E-state index >= 15 is 0 Å². The third kappa shape index (κ3) is 7.99. The van der Waals surface area contributed by atoms with Gasteiger partial charge in [0.25, 0.3) is 0 Å². The van der Waals surface area contributed by atoms with Crippen LogP contribution in [-0.2, 0) is 5.41 Å². The van der Waals surface area contributed by atoms with Gasteiger partial charge in [-0.1, -0.05) is 226 Å². The highest BCUT2D eigenvalue weighted by molar-refractivity contribution is 6.18. The quantitative estimate of drug-likeness (QED) is 0.128. The number of hydrogen-bond acceptors (Lipinski definition) is 2. The van der Waals surface area contributed by atoms with Crippen LogP contribution in [0.2, 0.25) is 0 Å². The first kappa shape index (κ1) is 46.6. The van der Waals surface area contributed by atoms with Crippen LogP contribution in [0.4, 0.5) is 34.1 Å². The van der Waals surface area contributed by atoms with Crippen molar-refractivity contribution >= 4 is 55.8 Å². The van der Waals surface area contributed by atoms with Crippen LogP contribution < -0.4 is 9.80 Å². The Hall–Kier alpha value is -9.96. The Bertz CT molecular complexity index is 4240. The molecule has 0 N–H and O–H groups in total. The Morgan fingerprint density at radius 1 is 0.282 bits per heavy atom. The second kappa shape index (κ2) is 19.3. The molecular weight excluding hydrogens is 943 g/mol. The fourth-order valence-corrected chi connectivity index (χ4v) is 12.3. The predicted octanol–water partition coefficient (Wildman–Crippen LogP) is 20.7. The van der Waals surface area contributed by atoms with Crippen LogP contribution in [0.15, 0.2) is 297 Å². The summed E-state index contributed by atoms with van der Waals surface area (Å²) in [7, 11) is 0. The van der Waals surface area contributed by atoms with Crippen LogP contribution in [-0.4, -0.2) is 4.57 Å². The van der Waals surface area contributed by atoms with E-state index in [1.54, 1.807) is 0 Å². The van der Waals surface area contributed by atoms with Gasteiger partial charge in [-0.25, -0.2) is 0 Å². The molecule has 3 heteroatoms. The first-order valence-corrected chi connectivity index (χ1v) is 27.0. The third-order valence-electron chi connectivity index (χ3n) is 16.0. The molecule has 0 saturated heterocycles. The molecular formula is C75H55N3. The molecule has 0 bridgehead atoms. The number of nitrogens with zero attached hydrogens (tertiary/aromatic N) is 3. The monoisotopic (exact) mass is 997 g/mol. The fourth-order valence-electron chi connectivity index (χ4n) is 12.3. The molecule has 3 nitrogen and oxygen atoms in total. The van der Waals surface area contributed by atoms with E-state index < -0.39 is 0 Å². The molecule has 1 aromatic heterocycles. The summed E-state index contributed by atoms with van der Waals surface area (Å²) in [5.41, 5.74) is 23.5. The second-order valence-corrected chi connectivity index (χ2v) is 20.9. The minimum atomic E-state index is -0.151. The molecule has 12 aromatic carbocycles. The number of benzene rings is 12. The first-order chi connectivity index (χ1) is 38.5. The minimum Gasteiger partial charge on any atom is -0.311 e. The summed E-state index contributed by atoms with van der Waals surface area (Å²) in [5.74, 6) is 0. The maximum atomic E-state index is 2.51. The van der Waals surface area contributed by atoms with Crippen LogP contribution >= 0.6 is 0 Å². The SMILES string of the molecule is CC1(C)c2ccccc2-c2ccc(N(c3ccc(-c4cccc5c4ccc4c(-c6ccccc6)c(-c6ccccc6)n(-c6ccc(-c7ccccc7)cc6)c45)cc3)c3ccc(N(c4ccccc4)c4ccccc4)cc3)cc21. The zero-order valence-corrected chi connectivity index (χ0v) is 43.6. The van der Waals surface area contributed by atoms with Crippen LogP contribution in [0, 0.1) is 0 Å². The van der Waals surface area contributed by atoms with Gasteiger partial charge in [0, 0.05) is 61.6 Å². The summed E-state index contributed by atoms with van der Waals surface area (Å²) in [5, 5.41) is 3.61. The lowest BCUT2D eigenvalue weighted by Crippen LogP contribution is -2.16. The molecule has 0 saturated carbocycles. The maximum Gasteiger partial charge on any atom is 0.0620 e. The lowest BCUT2D eigenvalue weighted by Gasteiger charge is -2.29. The van der Waals surface area contributed by atoms with Crippen molar-refractivity contribution in [3.8, 4) is 61.5 Å². The zero-order valence-electron chi connectivity index (χ0n) is 43.6. The van der Waals surface area contributed by atoms with Crippen molar-refractivity contribution in [2.45, 2.75) is 19.3 Å². The van der Waals surface area contributed by atoms with E-state index in [2.05, 4.69) is 325 Å². The average molecular weight is 998 g/mol. The number of rotatable bonds is 11. The number of para-hydroxylation sites is 2.